The fourth-order valence-electron chi connectivity index (χ4n) is 8.61. The van der Waals surface area contributed by atoms with Gasteiger partial charge in [0.05, 0.1) is 12.1 Å². The second kappa shape index (κ2) is 18.0. The van der Waals surface area contributed by atoms with Crippen molar-refractivity contribution in [2.75, 3.05) is 6.54 Å². The van der Waals surface area contributed by atoms with E-state index in [1.54, 1.807) is 4.90 Å². The van der Waals surface area contributed by atoms with Gasteiger partial charge in [0.15, 0.2) is 0 Å². The predicted octanol–water partition coefficient (Wildman–Crippen LogP) is 4.22. The van der Waals surface area contributed by atoms with E-state index in [2.05, 4.69) is 26.4 Å². The number of nitrogens with one attached hydrogen (secondary N) is 4. The molecule has 5 amide bonds. The molecule has 14 nitrogen and oxygen atoms in total. The van der Waals surface area contributed by atoms with Gasteiger partial charge in [-0.3, -0.25) is 28.8 Å². The maximum absolute atomic E-state index is 14.7. The van der Waals surface area contributed by atoms with Gasteiger partial charge in [-0.1, -0.05) is 90.1 Å². The molecule has 0 bridgehead atoms. The zero-order valence-electron chi connectivity index (χ0n) is 33.1. The Hall–Kier alpha value is -4.75. The molecule has 1 aromatic heterocycles. The smallest absolute Gasteiger partial charge is 0.290 e. The number of Topliss-reactive ketones (excluding diaryl/α,β-unsaturated/α-hetero) is 1. The summed E-state index contributed by atoms with van der Waals surface area (Å²) < 4.78 is 11.0. The van der Waals surface area contributed by atoms with E-state index in [9.17, 15) is 28.8 Å². The fourth-order valence-corrected chi connectivity index (χ4v) is 8.61. The second-order valence-corrected chi connectivity index (χ2v) is 17.2. The lowest BCUT2D eigenvalue weighted by Gasteiger charge is -2.38. The maximum Gasteiger partial charge on any atom is 0.290 e. The second-order valence-electron chi connectivity index (χ2n) is 17.2. The third-order valence-electron chi connectivity index (χ3n) is 11.8. The van der Waals surface area contributed by atoms with Gasteiger partial charge in [0.2, 0.25) is 29.3 Å². The van der Waals surface area contributed by atoms with Crippen LogP contribution < -0.4 is 26.0 Å². The summed E-state index contributed by atoms with van der Waals surface area (Å²) in [5.74, 6) is -3.48. The van der Waals surface area contributed by atoms with Crippen molar-refractivity contribution in [3.8, 4) is 5.88 Å². The number of likely N-dealkylation sites (tertiary alicyclic amines) is 1. The molecule has 304 valence electrons. The number of fused-ring (bicyclic) bond motifs is 1. The third-order valence-corrected chi connectivity index (χ3v) is 11.8. The van der Waals surface area contributed by atoms with Crippen LogP contribution in [0.4, 0.5) is 0 Å². The van der Waals surface area contributed by atoms with Crippen molar-refractivity contribution >= 4 is 35.3 Å². The molecule has 1 aliphatic heterocycles. The first-order valence-electron chi connectivity index (χ1n) is 20.5. The molecule has 6 atom stereocenters. The Kier molecular flexibility index (Phi) is 13.2. The first-order chi connectivity index (χ1) is 26.8. The molecule has 1 aromatic carbocycles. The average Bonchev–Trinajstić information content (AvgIpc) is 3.51. The van der Waals surface area contributed by atoms with Crippen molar-refractivity contribution < 1.29 is 38.0 Å². The summed E-state index contributed by atoms with van der Waals surface area (Å²) in [7, 11) is 0. The molecular weight excluding hydrogens is 716 g/mol. The number of rotatable bonds is 16. The van der Waals surface area contributed by atoms with Gasteiger partial charge in [-0.2, -0.15) is 0 Å². The predicted molar refractivity (Wildman–Crippen MR) is 206 cm³/mol. The highest BCUT2D eigenvalue weighted by Gasteiger charge is 2.52. The van der Waals surface area contributed by atoms with Gasteiger partial charge < -0.3 is 35.4 Å². The van der Waals surface area contributed by atoms with E-state index in [0.29, 0.717) is 19.4 Å². The SMILES string of the molecule is CCC[C@H](NC(=O)[C@@H]1C2CCCC2CN1C(=O)[C@@H](NC(=O)[C@@H](NC(=O)c1cc(OCc2ccccc2)no1)C1CCCCC1)C(C)(C)C)C(=O)C(=O)NC1CC1. The van der Waals surface area contributed by atoms with E-state index in [1.807, 2.05) is 58.0 Å². The van der Waals surface area contributed by atoms with Gasteiger partial charge in [-0.15, -0.1) is 0 Å². The first kappa shape index (κ1) is 40.9. The van der Waals surface area contributed by atoms with Crippen LogP contribution in [0.25, 0.3) is 0 Å². The van der Waals surface area contributed by atoms with E-state index in [-0.39, 0.29) is 42.0 Å². The number of carbonyl (C=O) groups is 6. The lowest BCUT2D eigenvalue weighted by atomic mass is 9.82. The molecule has 4 aliphatic rings. The van der Waals surface area contributed by atoms with Crippen LogP contribution in [0.1, 0.15) is 121 Å². The quantitative estimate of drug-likeness (QED) is 0.181. The summed E-state index contributed by atoms with van der Waals surface area (Å²) in [4.78, 5) is 84.4. The molecular formula is C42H58N6O8. The Balaban J connectivity index is 1.17. The molecule has 2 unspecified atom stereocenters. The molecule has 4 fully saturated rings. The molecule has 0 spiro atoms. The van der Waals surface area contributed by atoms with Crippen molar-refractivity contribution in [3.05, 3.63) is 47.7 Å². The largest absolute Gasteiger partial charge is 0.471 e. The molecule has 14 heteroatoms. The van der Waals surface area contributed by atoms with Crippen LogP contribution in [-0.4, -0.2) is 82.1 Å². The number of aromatic nitrogens is 1. The molecule has 2 heterocycles. The summed E-state index contributed by atoms with van der Waals surface area (Å²) in [5, 5.41) is 15.4. The standard InChI is InChI=1S/C42H58N6O8/c1-5-13-30(35(49)40(53)43-28-20-21-28)44-39(52)34-29-19-12-18-27(29)23-48(34)41(54)36(42(2,3)4)46-38(51)33(26-16-10-7-11-17-26)45-37(50)31-22-32(47-56-31)55-24-25-14-8-6-9-15-25/h6,8-9,14-15,22,26-30,33-34,36H,5,7,10-13,16-21,23-24H2,1-4H3,(H,43,53)(H,44,52)(H,45,50)(H,46,51)/t27?,29?,30-,33-,34-,36+/m0/s1. The molecule has 3 aliphatic carbocycles. The number of benzene rings is 1. The van der Waals surface area contributed by atoms with E-state index in [1.165, 1.54) is 6.07 Å². The molecule has 3 saturated carbocycles. The van der Waals surface area contributed by atoms with Crippen molar-refractivity contribution in [1.82, 2.24) is 31.3 Å². The summed E-state index contributed by atoms with van der Waals surface area (Å²) >= 11 is 0. The van der Waals surface area contributed by atoms with Crippen LogP contribution in [-0.2, 0) is 30.6 Å². The number of carbonyl (C=O) groups excluding carboxylic acids is 6. The zero-order chi connectivity index (χ0) is 40.0. The van der Waals surface area contributed by atoms with Gasteiger partial charge in [0, 0.05) is 12.6 Å². The van der Waals surface area contributed by atoms with Gasteiger partial charge in [0.25, 0.3) is 17.7 Å². The average molecular weight is 775 g/mol. The summed E-state index contributed by atoms with van der Waals surface area (Å²) in [6, 6.07) is 7.05. The van der Waals surface area contributed by atoms with Crippen LogP contribution >= 0.6 is 0 Å². The van der Waals surface area contributed by atoms with Crippen molar-refractivity contribution in [1.29, 1.82) is 0 Å². The number of hydrogen-bond acceptors (Lipinski definition) is 9. The maximum atomic E-state index is 14.7. The van der Waals surface area contributed by atoms with E-state index < -0.39 is 64.9 Å². The number of ether oxygens (including phenoxy) is 1. The monoisotopic (exact) mass is 774 g/mol. The minimum Gasteiger partial charge on any atom is -0.471 e. The van der Waals surface area contributed by atoms with E-state index >= 15 is 0 Å². The number of ketones is 1. The lowest BCUT2D eigenvalue weighted by molar-refractivity contribution is -0.146. The normalized spacial score (nSPS) is 22.6. The first-order valence-corrected chi connectivity index (χ1v) is 20.5. The number of amides is 5. The van der Waals surface area contributed by atoms with Gasteiger partial charge >= 0.3 is 0 Å². The van der Waals surface area contributed by atoms with E-state index in [4.69, 9.17) is 9.26 Å². The molecule has 2 aromatic rings. The minimum absolute atomic E-state index is 0.00182. The van der Waals surface area contributed by atoms with Crippen LogP contribution in [0.5, 0.6) is 5.88 Å². The molecule has 0 radical (unpaired) electrons. The minimum atomic E-state index is -1.03. The highest BCUT2D eigenvalue weighted by atomic mass is 16.5. The van der Waals surface area contributed by atoms with Crippen molar-refractivity contribution in [2.24, 2.45) is 23.2 Å². The zero-order valence-corrected chi connectivity index (χ0v) is 33.1. The Bertz CT molecular complexity index is 1730. The van der Waals surface area contributed by atoms with E-state index in [0.717, 1.165) is 69.8 Å². The van der Waals surface area contributed by atoms with Gasteiger partial charge in [-0.05, 0) is 78.8 Å². The Morgan fingerprint density at radius 3 is 2.32 bits per heavy atom. The number of nitrogens with zero attached hydrogens (tertiary/aromatic N) is 2. The van der Waals surface area contributed by atoms with Crippen molar-refractivity contribution in [2.45, 2.75) is 142 Å². The summed E-state index contributed by atoms with van der Waals surface area (Å²) in [6.45, 7) is 8.04. The number of hydrogen-bond donors (Lipinski definition) is 4. The van der Waals surface area contributed by atoms with Crippen LogP contribution in [0.15, 0.2) is 40.9 Å². The molecule has 1 saturated heterocycles. The van der Waals surface area contributed by atoms with Gasteiger partial charge in [0.1, 0.15) is 24.7 Å². The Labute approximate surface area is 329 Å². The summed E-state index contributed by atoms with van der Waals surface area (Å²) in [6.07, 6.45) is 9.37. The topological polar surface area (TPSA) is 189 Å². The third kappa shape index (κ3) is 9.97. The Morgan fingerprint density at radius 2 is 1.64 bits per heavy atom. The highest BCUT2D eigenvalue weighted by molar-refractivity contribution is 6.38. The summed E-state index contributed by atoms with van der Waals surface area (Å²) in [5.41, 5.74) is 0.149. The molecule has 4 N–H and O–H groups in total. The molecule has 6 rings (SSSR count). The fraction of sp³-hybridized carbons (Fsp3) is 0.643. The van der Waals surface area contributed by atoms with Gasteiger partial charge in [-0.25, -0.2) is 0 Å². The van der Waals surface area contributed by atoms with Crippen LogP contribution in [0.3, 0.4) is 0 Å². The van der Waals surface area contributed by atoms with Crippen molar-refractivity contribution in [3.63, 3.8) is 0 Å². The highest BCUT2D eigenvalue weighted by Crippen LogP contribution is 2.43. The van der Waals surface area contributed by atoms with Crippen LogP contribution in [0.2, 0.25) is 0 Å². The lowest BCUT2D eigenvalue weighted by Crippen LogP contribution is -2.62. The van der Waals surface area contributed by atoms with Crippen LogP contribution in [0, 0.1) is 23.2 Å². The Morgan fingerprint density at radius 1 is 0.911 bits per heavy atom. The molecule has 56 heavy (non-hydrogen) atoms.